The third kappa shape index (κ3) is 3.70. The molecule has 0 spiro atoms. The number of fused-ring (bicyclic) bond motifs is 2. The third-order valence-electron chi connectivity index (χ3n) is 6.62. The molecule has 2 aromatic rings. The Bertz CT molecular complexity index is 896. The van der Waals surface area contributed by atoms with Crippen molar-refractivity contribution in [3.63, 3.8) is 0 Å². The maximum atomic E-state index is 11.0. The summed E-state index contributed by atoms with van der Waals surface area (Å²) in [6, 6.07) is 14.8. The molecule has 2 heterocycles. The van der Waals surface area contributed by atoms with Gasteiger partial charge in [-0.05, 0) is 73.3 Å². The molecule has 2 aromatic carbocycles. The molecule has 2 nitrogen and oxygen atoms in total. The van der Waals surface area contributed by atoms with Gasteiger partial charge in [-0.1, -0.05) is 51.1 Å². The molecule has 0 amide bonds. The van der Waals surface area contributed by atoms with E-state index in [1.165, 1.54) is 21.6 Å². The van der Waals surface area contributed by atoms with Gasteiger partial charge in [-0.3, -0.25) is 0 Å². The number of hydrogen-bond donors (Lipinski definition) is 1. The molecule has 0 aromatic heterocycles. The van der Waals surface area contributed by atoms with Crippen LogP contribution in [0.1, 0.15) is 63.1 Å². The van der Waals surface area contributed by atoms with E-state index in [0.29, 0.717) is 11.7 Å². The van der Waals surface area contributed by atoms with Crippen LogP contribution in [0.2, 0.25) is 0 Å². The fourth-order valence-electron chi connectivity index (χ4n) is 4.81. The Morgan fingerprint density at radius 2 is 1.76 bits per heavy atom. The average Bonchev–Trinajstić information content (AvgIpc) is 3.18. The van der Waals surface area contributed by atoms with E-state index in [9.17, 15) is 5.11 Å². The Labute approximate surface area is 179 Å². The summed E-state index contributed by atoms with van der Waals surface area (Å²) in [6.07, 6.45) is 6.09. The van der Waals surface area contributed by atoms with E-state index in [4.69, 9.17) is 4.74 Å². The molecule has 2 aliphatic heterocycles. The molecule has 2 aliphatic rings. The van der Waals surface area contributed by atoms with E-state index in [1.54, 1.807) is 0 Å². The minimum absolute atomic E-state index is 0.230. The van der Waals surface area contributed by atoms with Gasteiger partial charge in [-0.15, -0.1) is 11.8 Å². The minimum atomic E-state index is -0.230. The lowest BCUT2D eigenvalue weighted by molar-refractivity contribution is 0.103. The van der Waals surface area contributed by atoms with Crippen LogP contribution in [-0.4, -0.2) is 16.5 Å². The predicted molar refractivity (Wildman–Crippen MR) is 124 cm³/mol. The molecular weight excluding hydrogens is 376 g/mol. The topological polar surface area (TPSA) is 29.5 Å². The molecule has 29 heavy (non-hydrogen) atoms. The quantitative estimate of drug-likeness (QED) is 0.535. The summed E-state index contributed by atoms with van der Waals surface area (Å²) >= 11 is 1.95. The van der Waals surface area contributed by atoms with Crippen LogP contribution in [0.3, 0.4) is 0 Å². The first-order chi connectivity index (χ1) is 14.1. The van der Waals surface area contributed by atoms with Crippen molar-refractivity contribution in [3.05, 3.63) is 64.1 Å². The van der Waals surface area contributed by atoms with Crippen LogP contribution in [0.15, 0.2) is 47.4 Å². The lowest BCUT2D eigenvalue weighted by Gasteiger charge is -2.39. The molecule has 0 fully saturated rings. The van der Waals surface area contributed by atoms with Gasteiger partial charge < -0.3 is 9.84 Å². The lowest BCUT2D eigenvalue weighted by Crippen LogP contribution is -2.38. The van der Waals surface area contributed by atoms with Gasteiger partial charge in [0.1, 0.15) is 17.1 Å². The van der Waals surface area contributed by atoms with E-state index >= 15 is 0 Å². The lowest BCUT2D eigenvalue weighted by atomic mass is 9.81. The number of aryl methyl sites for hydroxylation is 2. The summed E-state index contributed by atoms with van der Waals surface area (Å²) in [4.78, 5) is 1.37. The number of rotatable bonds is 7. The number of phenols is 1. The van der Waals surface area contributed by atoms with E-state index in [1.807, 2.05) is 17.8 Å². The van der Waals surface area contributed by atoms with Gasteiger partial charge in [0.2, 0.25) is 0 Å². The zero-order valence-corrected chi connectivity index (χ0v) is 18.6. The highest BCUT2D eigenvalue weighted by Gasteiger charge is 2.46. The van der Waals surface area contributed by atoms with E-state index < -0.39 is 0 Å². The zero-order chi connectivity index (χ0) is 20.4. The first-order valence-corrected chi connectivity index (χ1v) is 12.1. The SMILES string of the molecule is CCC1CSC2=C1c1c(O)cc(CCCc3ccccc3)cc1OC2(CC)CC. The van der Waals surface area contributed by atoms with Crippen LogP contribution in [0.4, 0.5) is 0 Å². The molecule has 0 saturated heterocycles. The molecule has 1 N–H and O–H groups in total. The van der Waals surface area contributed by atoms with E-state index in [2.05, 4.69) is 57.2 Å². The van der Waals surface area contributed by atoms with Crippen LogP contribution in [0.25, 0.3) is 5.57 Å². The number of allylic oxidation sites excluding steroid dienone is 1. The van der Waals surface area contributed by atoms with Crippen molar-refractivity contribution in [3.8, 4) is 11.5 Å². The van der Waals surface area contributed by atoms with Crippen LogP contribution in [-0.2, 0) is 12.8 Å². The van der Waals surface area contributed by atoms with Gasteiger partial charge in [0.15, 0.2) is 0 Å². The van der Waals surface area contributed by atoms with Crippen molar-refractivity contribution in [2.45, 2.75) is 64.9 Å². The van der Waals surface area contributed by atoms with Crippen molar-refractivity contribution < 1.29 is 9.84 Å². The van der Waals surface area contributed by atoms with Crippen molar-refractivity contribution in [2.75, 3.05) is 5.75 Å². The molecule has 154 valence electrons. The molecule has 3 heteroatoms. The smallest absolute Gasteiger partial charge is 0.140 e. The standard InChI is InChI=1S/C26H32O2S/c1-4-20-17-29-25-23(20)24-21(27)15-19(14-10-13-18-11-8-7-9-12-18)16-22(24)28-26(25,5-2)6-3/h7-9,11-12,15-16,20,27H,4-6,10,13-14,17H2,1-3H3. The summed E-state index contributed by atoms with van der Waals surface area (Å²) in [5.41, 5.74) is 4.62. The Kier molecular flexibility index (Phi) is 5.96. The highest BCUT2D eigenvalue weighted by Crippen LogP contribution is 2.58. The second kappa shape index (κ2) is 8.47. The number of phenolic OH excluding ortho intramolecular Hbond substituents is 1. The van der Waals surface area contributed by atoms with Crippen LogP contribution in [0, 0.1) is 5.92 Å². The number of ether oxygens (including phenoxy) is 1. The predicted octanol–water partition coefficient (Wildman–Crippen LogP) is 7.00. The van der Waals surface area contributed by atoms with Crippen molar-refractivity contribution in [1.82, 2.24) is 0 Å². The highest BCUT2D eigenvalue weighted by molar-refractivity contribution is 8.03. The number of benzene rings is 2. The largest absolute Gasteiger partial charge is 0.507 e. The Hall–Kier alpha value is -1.87. The third-order valence-corrected chi connectivity index (χ3v) is 8.07. The van der Waals surface area contributed by atoms with Crippen LogP contribution < -0.4 is 4.74 Å². The fourth-order valence-corrected chi connectivity index (χ4v) is 6.60. The van der Waals surface area contributed by atoms with Gasteiger partial charge >= 0.3 is 0 Å². The Morgan fingerprint density at radius 1 is 1.03 bits per heavy atom. The van der Waals surface area contributed by atoms with Crippen LogP contribution >= 0.6 is 11.8 Å². The number of aromatic hydroxyl groups is 1. The summed E-state index contributed by atoms with van der Waals surface area (Å²) in [5, 5.41) is 11.0. The first kappa shape index (κ1) is 20.4. The van der Waals surface area contributed by atoms with Crippen molar-refractivity contribution in [1.29, 1.82) is 0 Å². The molecule has 4 rings (SSSR count). The summed E-state index contributed by atoms with van der Waals surface area (Å²) < 4.78 is 6.67. The first-order valence-electron chi connectivity index (χ1n) is 11.1. The van der Waals surface area contributed by atoms with Gasteiger partial charge in [0.25, 0.3) is 0 Å². The van der Waals surface area contributed by atoms with Gasteiger partial charge in [-0.25, -0.2) is 0 Å². The highest BCUT2D eigenvalue weighted by atomic mass is 32.2. The molecule has 0 aliphatic carbocycles. The molecule has 0 bridgehead atoms. The average molecular weight is 409 g/mol. The maximum absolute atomic E-state index is 11.0. The van der Waals surface area contributed by atoms with Gasteiger partial charge in [0.05, 0.1) is 5.56 Å². The second-order valence-corrected chi connectivity index (χ2v) is 9.32. The second-order valence-electron chi connectivity index (χ2n) is 8.29. The van der Waals surface area contributed by atoms with Crippen molar-refractivity contribution >= 4 is 17.3 Å². The van der Waals surface area contributed by atoms with Crippen LogP contribution in [0.5, 0.6) is 11.5 Å². The molecule has 0 saturated carbocycles. The van der Waals surface area contributed by atoms with Crippen molar-refractivity contribution in [2.24, 2.45) is 5.92 Å². The number of hydrogen-bond acceptors (Lipinski definition) is 3. The van der Waals surface area contributed by atoms with E-state index in [-0.39, 0.29) is 5.60 Å². The molecular formula is C26H32O2S. The van der Waals surface area contributed by atoms with E-state index in [0.717, 1.165) is 55.6 Å². The fraction of sp³-hybridized carbons (Fsp3) is 0.462. The summed E-state index contributed by atoms with van der Waals surface area (Å²) in [6.45, 7) is 6.70. The zero-order valence-electron chi connectivity index (χ0n) is 17.8. The molecule has 0 radical (unpaired) electrons. The minimum Gasteiger partial charge on any atom is -0.507 e. The normalized spacial score (nSPS) is 19.6. The van der Waals surface area contributed by atoms with Gasteiger partial charge in [-0.2, -0.15) is 0 Å². The monoisotopic (exact) mass is 408 g/mol. The maximum Gasteiger partial charge on any atom is 0.140 e. The van der Waals surface area contributed by atoms with Gasteiger partial charge in [0, 0.05) is 10.7 Å². The number of thioether (sulfide) groups is 1. The Balaban J connectivity index is 1.64. The molecule has 1 atom stereocenters. The summed E-state index contributed by atoms with van der Waals surface area (Å²) in [5.74, 6) is 2.89. The Morgan fingerprint density at radius 3 is 2.45 bits per heavy atom. The summed E-state index contributed by atoms with van der Waals surface area (Å²) in [7, 11) is 0. The molecule has 1 unspecified atom stereocenters.